The number of ether oxygens (including phenoxy) is 1. The number of nitrogens with zero attached hydrogens (tertiary/aromatic N) is 3. The van der Waals surface area contributed by atoms with Crippen molar-refractivity contribution < 1.29 is 31.9 Å². The lowest BCUT2D eigenvalue weighted by Gasteiger charge is -2.28. The van der Waals surface area contributed by atoms with Gasteiger partial charge in [-0.3, -0.25) is 4.79 Å². The number of hydrogen-bond acceptors (Lipinski definition) is 4. The fourth-order valence-corrected chi connectivity index (χ4v) is 3.63. The van der Waals surface area contributed by atoms with Gasteiger partial charge in [0.1, 0.15) is 12.3 Å². The molecule has 0 saturated heterocycles. The van der Waals surface area contributed by atoms with Crippen molar-refractivity contribution in [2.24, 2.45) is 7.05 Å². The summed E-state index contributed by atoms with van der Waals surface area (Å²) in [5.41, 5.74) is -0.482. The summed E-state index contributed by atoms with van der Waals surface area (Å²) in [6, 6.07) is 11.1. The van der Waals surface area contributed by atoms with E-state index in [9.17, 15) is 22.8 Å². The second kappa shape index (κ2) is 12.3. The molecule has 11 heteroatoms. The Labute approximate surface area is 207 Å². The molecule has 0 spiro atoms. The summed E-state index contributed by atoms with van der Waals surface area (Å²) in [6.07, 6.45) is -0.889. The summed E-state index contributed by atoms with van der Waals surface area (Å²) >= 11 is 0. The van der Waals surface area contributed by atoms with Crippen molar-refractivity contribution in [2.45, 2.75) is 25.7 Å². The molecule has 1 aromatic carbocycles. The molecule has 194 valence electrons. The monoisotopic (exact) mass is 506 g/mol. The number of alkyl halides is 3. The molecule has 0 atom stereocenters. The average Bonchev–Trinajstić information content (AvgIpc) is 3.49. The van der Waals surface area contributed by atoms with Crippen molar-refractivity contribution in [1.29, 1.82) is 0 Å². The highest BCUT2D eigenvalue weighted by Gasteiger charge is 2.34. The number of anilines is 1. The van der Waals surface area contributed by atoms with Crippen LogP contribution in [0.15, 0.2) is 65.4 Å². The molecular formula is C25H29F3N4O4. The van der Waals surface area contributed by atoms with Crippen LogP contribution in [0.5, 0.6) is 0 Å². The summed E-state index contributed by atoms with van der Waals surface area (Å²) < 4.78 is 52.5. The van der Waals surface area contributed by atoms with E-state index < -0.39 is 17.8 Å². The Hall–Kier alpha value is -3.73. The maximum Gasteiger partial charge on any atom is 0.418 e. The first-order chi connectivity index (χ1) is 17.2. The third-order valence-corrected chi connectivity index (χ3v) is 5.55. The zero-order valence-corrected chi connectivity index (χ0v) is 20.1. The molecule has 0 radical (unpaired) electrons. The van der Waals surface area contributed by atoms with Crippen LogP contribution in [0, 0.1) is 0 Å². The van der Waals surface area contributed by atoms with Gasteiger partial charge in [0.2, 0.25) is 5.91 Å². The second-order valence-corrected chi connectivity index (χ2v) is 8.18. The molecule has 0 saturated carbocycles. The fraction of sp³-hybridized carbons (Fsp3) is 0.360. The number of aryl methyl sites for hydroxylation is 1. The number of methoxy groups -OCH3 is 1. The van der Waals surface area contributed by atoms with E-state index in [0.29, 0.717) is 18.8 Å². The van der Waals surface area contributed by atoms with E-state index in [1.54, 1.807) is 12.1 Å². The average molecular weight is 507 g/mol. The highest BCUT2D eigenvalue weighted by Crippen LogP contribution is 2.34. The largest absolute Gasteiger partial charge is 0.467 e. The zero-order valence-electron chi connectivity index (χ0n) is 20.1. The number of furan rings is 1. The van der Waals surface area contributed by atoms with E-state index in [2.05, 4.69) is 5.32 Å². The van der Waals surface area contributed by atoms with Crippen molar-refractivity contribution in [1.82, 2.24) is 14.4 Å². The molecule has 2 heterocycles. The normalized spacial score (nSPS) is 11.4. The standard InChI is InChI=1S/C25H29F3N4O4/c1-30-12-5-8-19(30)16-32(17-20-9-6-15-36-20)23(33)18-31(13-7-14-35-2)24(34)29-22-11-4-3-10-21(22)25(26,27)28/h3-6,8-12,15H,7,13-14,16-18H2,1-2H3,(H,29,34). The van der Waals surface area contributed by atoms with Gasteiger partial charge in [0.15, 0.2) is 0 Å². The Morgan fingerprint density at radius 1 is 1.06 bits per heavy atom. The van der Waals surface area contributed by atoms with Crippen LogP contribution in [0.2, 0.25) is 0 Å². The van der Waals surface area contributed by atoms with E-state index in [0.717, 1.165) is 11.8 Å². The molecule has 8 nitrogen and oxygen atoms in total. The number of carbonyl (C=O) groups is 2. The highest BCUT2D eigenvalue weighted by atomic mass is 19.4. The molecule has 3 aromatic rings. The molecule has 0 aliphatic rings. The molecule has 0 aliphatic carbocycles. The third-order valence-electron chi connectivity index (χ3n) is 5.55. The first-order valence-electron chi connectivity index (χ1n) is 11.3. The summed E-state index contributed by atoms with van der Waals surface area (Å²) in [5, 5.41) is 2.32. The Morgan fingerprint density at radius 2 is 1.83 bits per heavy atom. The molecule has 0 bridgehead atoms. The van der Waals surface area contributed by atoms with Crippen molar-refractivity contribution in [2.75, 3.05) is 32.1 Å². The minimum Gasteiger partial charge on any atom is -0.467 e. The quantitative estimate of drug-likeness (QED) is 0.381. The number of aromatic nitrogens is 1. The topological polar surface area (TPSA) is 80.0 Å². The van der Waals surface area contributed by atoms with Gasteiger partial charge in [-0.15, -0.1) is 0 Å². The van der Waals surface area contributed by atoms with Crippen LogP contribution in [0.1, 0.15) is 23.4 Å². The van der Waals surface area contributed by atoms with Crippen LogP contribution in [-0.2, 0) is 35.8 Å². The number of hydrogen-bond donors (Lipinski definition) is 1. The Kier molecular flexibility index (Phi) is 9.18. The predicted octanol–water partition coefficient (Wildman–Crippen LogP) is 4.74. The van der Waals surface area contributed by atoms with Crippen LogP contribution in [0.3, 0.4) is 0 Å². The molecule has 3 amide bonds. The SMILES string of the molecule is COCCCN(CC(=O)N(Cc1ccco1)Cc1cccn1C)C(=O)Nc1ccccc1C(F)(F)F. The van der Waals surface area contributed by atoms with Gasteiger partial charge in [0, 0.05) is 39.2 Å². The Morgan fingerprint density at radius 3 is 2.47 bits per heavy atom. The lowest BCUT2D eigenvalue weighted by Crippen LogP contribution is -2.45. The number of carbonyl (C=O) groups excluding carboxylic acids is 2. The van der Waals surface area contributed by atoms with E-state index >= 15 is 0 Å². The Bertz CT molecular complexity index is 1130. The maximum absolute atomic E-state index is 13.4. The van der Waals surface area contributed by atoms with E-state index in [4.69, 9.17) is 9.15 Å². The van der Waals surface area contributed by atoms with Crippen molar-refractivity contribution in [3.63, 3.8) is 0 Å². The van der Waals surface area contributed by atoms with Crippen LogP contribution < -0.4 is 5.32 Å². The summed E-state index contributed by atoms with van der Waals surface area (Å²) in [7, 11) is 3.35. The minimum atomic E-state index is -4.64. The first-order valence-corrected chi connectivity index (χ1v) is 11.3. The van der Waals surface area contributed by atoms with Gasteiger partial charge < -0.3 is 28.8 Å². The van der Waals surface area contributed by atoms with Gasteiger partial charge in [0.05, 0.1) is 30.6 Å². The molecular weight excluding hydrogens is 477 g/mol. The molecule has 1 N–H and O–H groups in total. The van der Waals surface area contributed by atoms with Gasteiger partial charge in [-0.1, -0.05) is 12.1 Å². The minimum absolute atomic E-state index is 0.109. The molecule has 0 fully saturated rings. The van der Waals surface area contributed by atoms with Gasteiger partial charge >= 0.3 is 12.2 Å². The highest BCUT2D eigenvalue weighted by molar-refractivity contribution is 5.93. The molecule has 3 rings (SSSR count). The lowest BCUT2D eigenvalue weighted by molar-refractivity contribution is -0.137. The Balaban J connectivity index is 1.79. The van der Waals surface area contributed by atoms with Crippen molar-refractivity contribution in [3.05, 3.63) is 78.0 Å². The molecule has 2 aromatic heterocycles. The van der Waals surface area contributed by atoms with Gasteiger partial charge in [-0.25, -0.2) is 4.79 Å². The number of para-hydroxylation sites is 1. The summed E-state index contributed by atoms with van der Waals surface area (Å²) in [5.74, 6) is 0.177. The molecule has 0 aliphatic heterocycles. The van der Waals surface area contributed by atoms with Crippen molar-refractivity contribution >= 4 is 17.6 Å². The van der Waals surface area contributed by atoms with E-state index in [1.807, 2.05) is 29.9 Å². The number of rotatable bonds is 11. The zero-order chi connectivity index (χ0) is 26.1. The third kappa shape index (κ3) is 7.38. The fourth-order valence-electron chi connectivity index (χ4n) is 3.63. The summed E-state index contributed by atoms with van der Waals surface area (Å²) in [4.78, 5) is 29.1. The molecule has 0 unspecified atom stereocenters. The maximum atomic E-state index is 13.4. The number of halogens is 3. The smallest absolute Gasteiger partial charge is 0.418 e. The van der Waals surface area contributed by atoms with Crippen molar-refractivity contribution in [3.8, 4) is 0 Å². The van der Waals surface area contributed by atoms with Crippen LogP contribution in [0.25, 0.3) is 0 Å². The number of benzene rings is 1. The van der Waals surface area contributed by atoms with Crippen LogP contribution in [-0.4, -0.2) is 53.1 Å². The van der Waals surface area contributed by atoms with E-state index in [-0.39, 0.29) is 37.8 Å². The second-order valence-electron chi connectivity index (χ2n) is 8.18. The van der Waals surface area contributed by atoms with E-state index in [1.165, 1.54) is 41.4 Å². The number of amides is 3. The van der Waals surface area contributed by atoms with Crippen LogP contribution >= 0.6 is 0 Å². The number of nitrogens with one attached hydrogen (secondary N) is 1. The number of urea groups is 1. The van der Waals surface area contributed by atoms with Gasteiger partial charge in [0.25, 0.3) is 0 Å². The van der Waals surface area contributed by atoms with Gasteiger partial charge in [-0.2, -0.15) is 13.2 Å². The first kappa shape index (κ1) is 26.9. The predicted molar refractivity (Wildman–Crippen MR) is 127 cm³/mol. The van der Waals surface area contributed by atoms with Gasteiger partial charge in [-0.05, 0) is 42.8 Å². The van der Waals surface area contributed by atoms with Crippen LogP contribution in [0.4, 0.5) is 23.7 Å². The lowest BCUT2D eigenvalue weighted by atomic mass is 10.1. The summed E-state index contributed by atoms with van der Waals surface area (Å²) in [6.45, 7) is 0.513. The molecule has 36 heavy (non-hydrogen) atoms.